The van der Waals surface area contributed by atoms with Gasteiger partial charge in [-0.3, -0.25) is 4.79 Å². The van der Waals surface area contributed by atoms with Crippen molar-refractivity contribution >= 4 is 5.52 Å². The fourth-order valence-electron chi connectivity index (χ4n) is 3.29. The molecule has 1 atom stereocenters. The number of hydrogen-bond acceptors (Lipinski definition) is 3. The van der Waals surface area contributed by atoms with Gasteiger partial charge in [-0.2, -0.15) is 5.10 Å². The summed E-state index contributed by atoms with van der Waals surface area (Å²) in [5.74, 6) is 0. The third-order valence-corrected chi connectivity index (χ3v) is 5.24. The quantitative estimate of drug-likeness (QED) is 0.592. The Morgan fingerprint density at radius 2 is 1.71 bits per heavy atom. The van der Waals surface area contributed by atoms with E-state index in [0.717, 1.165) is 22.4 Å². The molecule has 0 saturated heterocycles. The van der Waals surface area contributed by atoms with E-state index in [2.05, 4.69) is 31.1 Å². The number of aromatic nitrogens is 3. The van der Waals surface area contributed by atoms with Crippen molar-refractivity contribution in [1.82, 2.24) is 14.2 Å². The molecule has 1 N–H and O–H groups in total. The molecular weight excluding hydrogens is 350 g/mol. The fraction of sp³-hybridized carbons (Fsp3) is 0.217. The van der Waals surface area contributed by atoms with Crippen LogP contribution in [0.25, 0.3) is 16.8 Å². The average Bonchev–Trinajstić information content (AvgIpc) is 3.12. The molecular formula is C23H23N3O2. The van der Waals surface area contributed by atoms with Gasteiger partial charge < -0.3 is 9.67 Å². The first-order valence-corrected chi connectivity index (χ1v) is 9.33. The first-order chi connectivity index (χ1) is 13.4. The zero-order chi connectivity index (χ0) is 19.8. The van der Waals surface area contributed by atoms with Crippen molar-refractivity contribution in [3.05, 3.63) is 93.5 Å². The van der Waals surface area contributed by atoms with Crippen LogP contribution in [-0.4, -0.2) is 19.3 Å². The first kappa shape index (κ1) is 18.2. The molecule has 2 aromatic carbocycles. The molecule has 5 nitrogen and oxygen atoms in total. The zero-order valence-electron chi connectivity index (χ0n) is 16.3. The summed E-state index contributed by atoms with van der Waals surface area (Å²) in [4.78, 5) is 12.9. The van der Waals surface area contributed by atoms with Gasteiger partial charge in [0.15, 0.2) is 0 Å². The van der Waals surface area contributed by atoms with E-state index in [0.29, 0.717) is 5.52 Å². The van der Waals surface area contributed by atoms with Crippen molar-refractivity contribution in [2.75, 3.05) is 0 Å². The molecule has 28 heavy (non-hydrogen) atoms. The molecule has 0 saturated carbocycles. The molecule has 4 aromatic rings. The first-order valence-electron chi connectivity index (χ1n) is 9.33. The molecule has 0 amide bonds. The summed E-state index contributed by atoms with van der Waals surface area (Å²) in [6.45, 7) is 6.33. The van der Waals surface area contributed by atoms with E-state index in [4.69, 9.17) is 0 Å². The molecule has 0 spiro atoms. The minimum Gasteiger partial charge on any atom is -0.387 e. The van der Waals surface area contributed by atoms with Gasteiger partial charge in [-0.25, -0.2) is 4.52 Å². The maximum atomic E-state index is 12.9. The van der Waals surface area contributed by atoms with Gasteiger partial charge in [-0.1, -0.05) is 42.0 Å². The molecule has 142 valence electrons. The van der Waals surface area contributed by atoms with Gasteiger partial charge in [0.25, 0.3) is 5.56 Å². The van der Waals surface area contributed by atoms with E-state index in [-0.39, 0.29) is 12.1 Å². The summed E-state index contributed by atoms with van der Waals surface area (Å²) in [6, 6.07) is 15.7. The van der Waals surface area contributed by atoms with Gasteiger partial charge in [0.2, 0.25) is 0 Å². The highest BCUT2D eigenvalue weighted by Crippen LogP contribution is 2.22. The molecule has 0 aliphatic rings. The van der Waals surface area contributed by atoms with Crippen LogP contribution in [0.15, 0.2) is 65.7 Å². The van der Waals surface area contributed by atoms with Gasteiger partial charge in [-0.15, -0.1) is 0 Å². The highest BCUT2D eigenvalue weighted by atomic mass is 16.3. The second-order valence-corrected chi connectivity index (χ2v) is 7.34. The van der Waals surface area contributed by atoms with Crippen LogP contribution in [0.2, 0.25) is 0 Å². The molecule has 0 aliphatic heterocycles. The van der Waals surface area contributed by atoms with Crippen LogP contribution in [0.5, 0.6) is 0 Å². The lowest BCUT2D eigenvalue weighted by Gasteiger charge is -2.13. The van der Waals surface area contributed by atoms with Gasteiger partial charge in [-0.05, 0) is 49.6 Å². The van der Waals surface area contributed by atoms with Crippen LogP contribution in [0, 0.1) is 20.8 Å². The smallest absolute Gasteiger partial charge is 0.276 e. The number of rotatable bonds is 4. The predicted octanol–water partition coefficient (Wildman–Crippen LogP) is 3.82. The van der Waals surface area contributed by atoms with Crippen molar-refractivity contribution in [3.8, 4) is 11.3 Å². The standard InChI is InChI=1S/C23H23N3O2/c1-15-4-7-18(8-5-15)22(27)14-25-10-11-26-21(23(25)28)13-20(24-26)19-9-6-16(2)17(3)12-19/h4-13,22,27H,14H2,1-3H3/t22-/m0/s1. The third-order valence-electron chi connectivity index (χ3n) is 5.24. The van der Waals surface area contributed by atoms with E-state index in [9.17, 15) is 9.90 Å². The monoisotopic (exact) mass is 373 g/mol. The Morgan fingerprint density at radius 3 is 2.43 bits per heavy atom. The van der Waals surface area contributed by atoms with Crippen LogP contribution in [0.3, 0.4) is 0 Å². The lowest BCUT2D eigenvalue weighted by atomic mass is 10.0. The molecule has 2 heterocycles. The molecule has 0 radical (unpaired) electrons. The SMILES string of the molecule is Cc1ccc([C@@H](O)Cn2ccn3nc(-c4ccc(C)c(C)c4)cc3c2=O)cc1. The number of nitrogens with zero attached hydrogens (tertiary/aromatic N) is 3. The number of aliphatic hydroxyl groups is 1. The maximum Gasteiger partial charge on any atom is 0.276 e. The number of aliphatic hydroxyl groups excluding tert-OH is 1. The van der Waals surface area contributed by atoms with E-state index in [1.54, 1.807) is 23.0 Å². The number of aryl methyl sites for hydroxylation is 3. The van der Waals surface area contributed by atoms with Crippen molar-refractivity contribution in [3.63, 3.8) is 0 Å². The normalized spacial score (nSPS) is 12.4. The molecule has 4 rings (SSSR count). The number of benzene rings is 2. The lowest BCUT2D eigenvalue weighted by molar-refractivity contribution is 0.155. The van der Waals surface area contributed by atoms with Crippen LogP contribution in [0.4, 0.5) is 0 Å². The van der Waals surface area contributed by atoms with Gasteiger partial charge >= 0.3 is 0 Å². The van der Waals surface area contributed by atoms with Crippen LogP contribution < -0.4 is 5.56 Å². The summed E-state index contributed by atoms with van der Waals surface area (Å²) in [5.41, 5.74) is 6.40. The molecule has 2 aromatic heterocycles. The second-order valence-electron chi connectivity index (χ2n) is 7.34. The molecule has 0 fully saturated rings. The van der Waals surface area contributed by atoms with Crippen LogP contribution >= 0.6 is 0 Å². The highest BCUT2D eigenvalue weighted by Gasteiger charge is 2.13. The van der Waals surface area contributed by atoms with Crippen molar-refractivity contribution in [1.29, 1.82) is 0 Å². The van der Waals surface area contributed by atoms with Gasteiger partial charge in [0.05, 0.1) is 18.3 Å². The third kappa shape index (κ3) is 3.37. The van der Waals surface area contributed by atoms with Gasteiger partial charge in [0, 0.05) is 18.0 Å². The molecule has 0 unspecified atom stereocenters. The molecule has 5 heteroatoms. The summed E-state index contributed by atoms with van der Waals surface area (Å²) in [5, 5.41) is 15.1. The summed E-state index contributed by atoms with van der Waals surface area (Å²) >= 11 is 0. The number of fused-ring (bicyclic) bond motifs is 1. The van der Waals surface area contributed by atoms with Crippen molar-refractivity contribution < 1.29 is 5.11 Å². The lowest BCUT2D eigenvalue weighted by Crippen LogP contribution is -2.24. The Morgan fingerprint density at radius 1 is 0.964 bits per heavy atom. The summed E-state index contributed by atoms with van der Waals surface area (Å²) in [6.07, 6.45) is 2.68. The van der Waals surface area contributed by atoms with E-state index < -0.39 is 6.10 Å². The minimum absolute atomic E-state index is 0.170. The predicted molar refractivity (Wildman–Crippen MR) is 111 cm³/mol. The second kappa shape index (κ2) is 7.09. The van der Waals surface area contributed by atoms with Crippen LogP contribution in [0.1, 0.15) is 28.4 Å². The fourth-order valence-corrected chi connectivity index (χ4v) is 3.29. The summed E-state index contributed by atoms with van der Waals surface area (Å²) < 4.78 is 3.13. The Hall–Kier alpha value is -3.18. The zero-order valence-corrected chi connectivity index (χ0v) is 16.3. The van der Waals surface area contributed by atoms with Crippen molar-refractivity contribution in [2.24, 2.45) is 0 Å². The molecule has 0 aliphatic carbocycles. The Kier molecular flexibility index (Phi) is 4.61. The largest absolute Gasteiger partial charge is 0.387 e. The topological polar surface area (TPSA) is 59.5 Å². The maximum absolute atomic E-state index is 12.9. The molecule has 0 bridgehead atoms. The average molecular weight is 373 g/mol. The van der Waals surface area contributed by atoms with Gasteiger partial charge in [0.1, 0.15) is 5.52 Å². The van der Waals surface area contributed by atoms with E-state index in [1.807, 2.05) is 37.3 Å². The Bertz CT molecular complexity index is 1200. The van der Waals surface area contributed by atoms with E-state index in [1.165, 1.54) is 15.7 Å². The minimum atomic E-state index is -0.747. The van der Waals surface area contributed by atoms with Crippen LogP contribution in [-0.2, 0) is 6.54 Å². The number of hydrogen-bond donors (Lipinski definition) is 1. The highest BCUT2D eigenvalue weighted by molar-refractivity contribution is 5.66. The Labute approximate surface area is 163 Å². The summed E-state index contributed by atoms with van der Waals surface area (Å²) in [7, 11) is 0. The van der Waals surface area contributed by atoms with E-state index >= 15 is 0 Å². The Balaban J connectivity index is 1.68. The van der Waals surface area contributed by atoms with Crippen molar-refractivity contribution in [2.45, 2.75) is 33.4 Å².